The molecule has 1 aromatic carbocycles. The molecule has 1 atom stereocenters. The average Bonchev–Trinajstić information content (AvgIpc) is 2.45. The summed E-state index contributed by atoms with van der Waals surface area (Å²) in [4.78, 5) is 2.32. The number of rotatable bonds is 6. The maximum absolute atomic E-state index is 13.5. The van der Waals surface area contributed by atoms with Gasteiger partial charge in [-0.15, -0.1) is 0 Å². The summed E-state index contributed by atoms with van der Waals surface area (Å²) in [6.45, 7) is 6.65. The number of nitrogens with zero attached hydrogens (tertiary/aromatic N) is 1. The van der Waals surface area contributed by atoms with Gasteiger partial charge in [0.25, 0.3) is 0 Å². The predicted octanol–water partition coefficient (Wildman–Crippen LogP) is 1.43. The molecule has 1 aliphatic heterocycles. The van der Waals surface area contributed by atoms with Crippen LogP contribution in [-0.2, 0) is 11.2 Å². The molecule has 0 aliphatic carbocycles. The van der Waals surface area contributed by atoms with Crippen molar-refractivity contribution in [3.63, 3.8) is 0 Å². The highest BCUT2D eigenvalue weighted by Crippen LogP contribution is 2.18. The predicted molar refractivity (Wildman–Crippen MR) is 76.5 cm³/mol. The lowest BCUT2D eigenvalue weighted by atomic mass is 10.1. The molecule has 1 aliphatic rings. The van der Waals surface area contributed by atoms with Crippen LogP contribution in [0.15, 0.2) is 18.2 Å². The Morgan fingerprint density at radius 2 is 2.30 bits per heavy atom. The zero-order valence-corrected chi connectivity index (χ0v) is 12.0. The largest absolute Gasteiger partial charge is 0.491 e. The van der Waals surface area contributed by atoms with E-state index in [2.05, 4.69) is 11.8 Å². The highest BCUT2D eigenvalue weighted by molar-refractivity contribution is 5.29. The highest BCUT2D eigenvalue weighted by Gasteiger charge is 2.19. The molecule has 1 saturated heterocycles. The van der Waals surface area contributed by atoms with Crippen LogP contribution in [0, 0.1) is 5.82 Å². The molecule has 0 aromatic heterocycles. The summed E-state index contributed by atoms with van der Waals surface area (Å²) in [5.74, 6) is 0.261. The van der Waals surface area contributed by atoms with E-state index in [0.29, 0.717) is 25.3 Å². The first-order chi connectivity index (χ1) is 9.71. The minimum Gasteiger partial charge on any atom is -0.491 e. The highest BCUT2D eigenvalue weighted by atomic mass is 19.1. The zero-order chi connectivity index (χ0) is 14.4. The molecule has 0 bridgehead atoms. The van der Waals surface area contributed by atoms with Crippen molar-refractivity contribution in [1.82, 2.24) is 4.90 Å². The second-order valence-electron chi connectivity index (χ2n) is 5.03. The molecule has 1 aromatic rings. The van der Waals surface area contributed by atoms with E-state index in [4.69, 9.17) is 15.2 Å². The SMILES string of the molecule is CCN1CCOC(COc2cc(F)cc(CCN)c2)C1. The van der Waals surface area contributed by atoms with E-state index >= 15 is 0 Å². The summed E-state index contributed by atoms with van der Waals surface area (Å²) in [5, 5.41) is 0. The Morgan fingerprint density at radius 3 is 3.05 bits per heavy atom. The van der Waals surface area contributed by atoms with E-state index in [-0.39, 0.29) is 11.9 Å². The monoisotopic (exact) mass is 282 g/mol. The molecule has 2 rings (SSSR count). The summed E-state index contributed by atoms with van der Waals surface area (Å²) in [6, 6.07) is 4.74. The molecule has 112 valence electrons. The molecule has 1 heterocycles. The Balaban J connectivity index is 1.89. The van der Waals surface area contributed by atoms with Crippen LogP contribution in [0.4, 0.5) is 4.39 Å². The number of halogens is 1. The fourth-order valence-corrected chi connectivity index (χ4v) is 2.37. The van der Waals surface area contributed by atoms with Gasteiger partial charge >= 0.3 is 0 Å². The van der Waals surface area contributed by atoms with Gasteiger partial charge in [0, 0.05) is 19.2 Å². The summed E-state index contributed by atoms with van der Waals surface area (Å²) in [6.07, 6.45) is 0.697. The molecule has 20 heavy (non-hydrogen) atoms. The van der Waals surface area contributed by atoms with Gasteiger partial charge in [0.15, 0.2) is 0 Å². The molecule has 1 fully saturated rings. The summed E-state index contributed by atoms with van der Waals surface area (Å²) >= 11 is 0. The fraction of sp³-hybridized carbons (Fsp3) is 0.600. The quantitative estimate of drug-likeness (QED) is 0.857. The van der Waals surface area contributed by atoms with Crippen LogP contribution in [0.25, 0.3) is 0 Å². The van der Waals surface area contributed by atoms with Crippen molar-refractivity contribution in [3.05, 3.63) is 29.6 Å². The molecular weight excluding hydrogens is 259 g/mol. The van der Waals surface area contributed by atoms with Crippen LogP contribution in [0.2, 0.25) is 0 Å². The van der Waals surface area contributed by atoms with Crippen molar-refractivity contribution in [3.8, 4) is 5.75 Å². The summed E-state index contributed by atoms with van der Waals surface area (Å²) < 4.78 is 24.8. The van der Waals surface area contributed by atoms with Gasteiger partial charge in [0.2, 0.25) is 0 Å². The van der Waals surface area contributed by atoms with Crippen LogP contribution < -0.4 is 10.5 Å². The minimum atomic E-state index is -0.286. The first-order valence-corrected chi connectivity index (χ1v) is 7.17. The van der Waals surface area contributed by atoms with Crippen molar-refractivity contribution in [1.29, 1.82) is 0 Å². The van der Waals surface area contributed by atoms with Crippen molar-refractivity contribution < 1.29 is 13.9 Å². The van der Waals surface area contributed by atoms with Gasteiger partial charge in [-0.25, -0.2) is 4.39 Å². The first kappa shape index (κ1) is 15.2. The Kier molecular flexibility index (Phi) is 5.76. The second kappa shape index (κ2) is 7.57. The molecule has 0 radical (unpaired) electrons. The molecular formula is C15H23FN2O2. The van der Waals surface area contributed by atoms with Gasteiger partial charge in [-0.1, -0.05) is 6.92 Å². The van der Waals surface area contributed by atoms with Gasteiger partial charge < -0.3 is 15.2 Å². The third kappa shape index (κ3) is 4.44. The van der Waals surface area contributed by atoms with Gasteiger partial charge in [0.05, 0.1) is 6.61 Å². The lowest BCUT2D eigenvalue weighted by molar-refractivity contribution is -0.0464. The third-order valence-corrected chi connectivity index (χ3v) is 3.47. The lowest BCUT2D eigenvalue weighted by Gasteiger charge is -2.31. The third-order valence-electron chi connectivity index (χ3n) is 3.47. The van der Waals surface area contributed by atoms with Crippen molar-refractivity contribution in [2.24, 2.45) is 5.73 Å². The fourth-order valence-electron chi connectivity index (χ4n) is 2.37. The Bertz CT molecular complexity index is 428. The van der Waals surface area contributed by atoms with Gasteiger partial charge in [0.1, 0.15) is 24.3 Å². The topological polar surface area (TPSA) is 47.7 Å². The van der Waals surface area contributed by atoms with Gasteiger partial charge in [-0.05, 0) is 37.2 Å². The van der Waals surface area contributed by atoms with Crippen molar-refractivity contribution in [2.75, 3.05) is 39.4 Å². The number of likely N-dealkylation sites (N-methyl/N-ethyl adjacent to an activating group) is 1. The number of hydrogen-bond acceptors (Lipinski definition) is 4. The number of benzene rings is 1. The number of ether oxygens (including phenoxy) is 2. The minimum absolute atomic E-state index is 0.0462. The van der Waals surface area contributed by atoms with Crippen LogP contribution in [0.1, 0.15) is 12.5 Å². The Hall–Kier alpha value is -1.17. The van der Waals surface area contributed by atoms with Crippen LogP contribution in [0.5, 0.6) is 5.75 Å². The van der Waals surface area contributed by atoms with Crippen LogP contribution in [0.3, 0.4) is 0 Å². The normalized spacial score (nSPS) is 20.1. The number of hydrogen-bond donors (Lipinski definition) is 1. The lowest BCUT2D eigenvalue weighted by Crippen LogP contribution is -2.44. The maximum atomic E-state index is 13.5. The second-order valence-corrected chi connectivity index (χ2v) is 5.03. The van der Waals surface area contributed by atoms with E-state index in [1.54, 1.807) is 0 Å². The molecule has 1 unspecified atom stereocenters. The van der Waals surface area contributed by atoms with Crippen LogP contribution >= 0.6 is 0 Å². The summed E-state index contributed by atoms with van der Waals surface area (Å²) in [7, 11) is 0. The zero-order valence-electron chi connectivity index (χ0n) is 12.0. The van der Waals surface area contributed by atoms with E-state index in [9.17, 15) is 4.39 Å². The summed E-state index contributed by atoms with van der Waals surface area (Å²) in [5.41, 5.74) is 6.36. The van der Waals surface area contributed by atoms with Crippen molar-refractivity contribution in [2.45, 2.75) is 19.4 Å². The van der Waals surface area contributed by atoms with E-state index in [0.717, 1.165) is 31.8 Å². The standard InChI is InChI=1S/C15H23FN2O2/c1-2-18-5-6-19-15(10-18)11-20-14-8-12(3-4-17)7-13(16)9-14/h7-9,15H,2-6,10-11,17H2,1H3. The average molecular weight is 282 g/mol. The smallest absolute Gasteiger partial charge is 0.127 e. The van der Waals surface area contributed by atoms with Gasteiger partial charge in [-0.3, -0.25) is 4.90 Å². The van der Waals surface area contributed by atoms with E-state index < -0.39 is 0 Å². The van der Waals surface area contributed by atoms with E-state index in [1.165, 1.54) is 12.1 Å². The Labute approximate surface area is 119 Å². The number of morpholine rings is 1. The number of nitrogens with two attached hydrogens (primary N) is 1. The van der Waals surface area contributed by atoms with Gasteiger partial charge in [-0.2, -0.15) is 0 Å². The van der Waals surface area contributed by atoms with E-state index in [1.807, 2.05) is 6.07 Å². The maximum Gasteiger partial charge on any atom is 0.127 e. The molecule has 2 N–H and O–H groups in total. The molecule has 0 amide bonds. The van der Waals surface area contributed by atoms with Crippen LogP contribution in [-0.4, -0.2) is 50.4 Å². The van der Waals surface area contributed by atoms with Crippen molar-refractivity contribution >= 4 is 0 Å². The Morgan fingerprint density at radius 1 is 1.45 bits per heavy atom. The molecule has 0 saturated carbocycles. The molecule has 5 heteroatoms. The molecule has 0 spiro atoms. The molecule has 4 nitrogen and oxygen atoms in total. The first-order valence-electron chi connectivity index (χ1n) is 7.17.